The molecule has 3 N–H and O–H groups in total. The number of halogens is 1. The predicted molar refractivity (Wildman–Crippen MR) is 164 cm³/mol. The van der Waals surface area contributed by atoms with E-state index in [2.05, 4.69) is 63.8 Å². The molecule has 5 aromatic rings. The number of rotatable bonds is 12. The van der Waals surface area contributed by atoms with Crippen LogP contribution in [0.5, 0.6) is 11.8 Å². The van der Waals surface area contributed by atoms with Gasteiger partial charge in [0, 0.05) is 18.7 Å². The molecule has 5 rings (SSSR count). The third kappa shape index (κ3) is 6.98. The number of hydrogen-bond donors (Lipinski definition) is 3. The van der Waals surface area contributed by atoms with Crippen LogP contribution in [-0.4, -0.2) is 54.5 Å². The van der Waals surface area contributed by atoms with E-state index in [0.717, 1.165) is 46.4 Å². The van der Waals surface area contributed by atoms with Gasteiger partial charge < -0.3 is 29.6 Å². The first-order valence-corrected chi connectivity index (χ1v) is 14.0. The Morgan fingerprint density at radius 1 is 0.952 bits per heavy atom. The van der Waals surface area contributed by atoms with E-state index < -0.39 is 5.97 Å². The Balaban J connectivity index is 1.27. The van der Waals surface area contributed by atoms with Gasteiger partial charge in [0.25, 0.3) is 6.01 Å². The number of aromatic nitrogens is 2. The Morgan fingerprint density at radius 2 is 1.67 bits per heavy atom. The van der Waals surface area contributed by atoms with Crippen molar-refractivity contribution in [1.82, 2.24) is 15.3 Å². The number of esters is 1. The summed E-state index contributed by atoms with van der Waals surface area (Å²) in [5.41, 5.74) is 7.93. The molecule has 0 saturated heterocycles. The number of methoxy groups -OCH3 is 1. The quantitative estimate of drug-likeness (QED) is 0.113. The Hall–Kier alpha value is -4.21. The third-order valence-electron chi connectivity index (χ3n) is 6.85. The van der Waals surface area contributed by atoms with Crippen molar-refractivity contribution in [2.75, 3.05) is 33.5 Å². The van der Waals surface area contributed by atoms with Crippen molar-refractivity contribution in [1.29, 1.82) is 0 Å². The molecule has 0 radical (unpaired) electrons. The maximum atomic E-state index is 12.0. The van der Waals surface area contributed by atoms with Gasteiger partial charge >= 0.3 is 5.97 Å². The number of benzene rings is 4. The van der Waals surface area contributed by atoms with Crippen LogP contribution < -0.4 is 10.1 Å². The lowest BCUT2D eigenvalue weighted by atomic mass is 9.99. The van der Waals surface area contributed by atoms with Crippen molar-refractivity contribution < 1.29 is 24.1 Å². The number of aromatic amines is 1. The molecule has 0 bridgehead atoms. The highest BCUT2D eigenvalue weighted by Gasteiger charge is 2.14. The smallest absolute Gasteiger partial charge is 0.338 e. The topological polar surface area (TPSA) is 106 Å². The van der Waals surface area contributed by atoms with Gasteiger partial charge in [0.15, 0.2) is 0 Å². The summed E-state index contributed by atoms with van der Waals surface area (Å²) in [6.45, 7) is 4.30. The molecule has 0 unspecified atom stereocenters. The molecule has 0 saturated carbocycles. The van der Waals surface area contributed by atoms with E-state index >= 15 is 0 Å². The summed E-state index contributed by atoms with van der Waals surface area (Å²) >= 11 is 6.68. The minimum absolute atomic E-state index is 0.0442. The molecule has 4 aromatic carbocycles. The number of nitrogens with zero attached hydrogens (tertiary/aromatic N) is 1. The summed E-state index contributed by atoms with van der Waals surface area (Å²) < 4.78 is 16.0. The average Bonchev–Trinajstić information content (AvgIpc) is 3.40. The third-order valence-corrected chi connectivity index (χ3v) is 7.16. The van der Waals surface area contributed by atoms with Gasteiger partial charge in [0.05, 0.1) is 48.5 Å². The Bertz CT molecular complexity index is 1670. The lowest BCUT2D eigenvalue weighted by Crippen LogP contribution is -2.19. The molecule has 42 heavy (non-hydrogen) atoms. The summed E-state index contributed by atoms with van der Waals surface area (Å²) in [5.74, 6) is 0.0439. The van der Waals surface area contributed by atoms with Crippen LogP contribution in [0.3, 0.4) is 0 Å². The van der Waals surface area contributed by atoms with E-state index in [1.807, 2.05) is 19.1 Å². The SMILES string of the molecule is COC(=O)c1cc(Oc2nc3cc(-c4ccc(-c5ccc(CNCCOCCO)cc5)cc4)c(Cl)cc3[nH]2)ccc1C. The maximum absolute atomic E-state index is 12.0. The van der Waals surface area contributed by atoms with Crippen LogP contribution >= 0.6 is 11.6 Å². The van der Waals surface area contributed by atoms with Crippen LogP contribution in [0.15, 0.2) is 78.9 Å². The number of carbonyl (C=O) groups is 1. The molecular formula is C33H32ClN3O5. The van der Waals surface area contributed by atoms with Crippen LogP contribution in [0.2, 0.25) is 5.02 Å². The minimum atomic E-state index is -0.424. The molecule has 216 valence electrons. The number of fused-ring (bicyclic) bond motifs is 1. The Morgan fingerprint density at radius 3 is 2.38 bits per heavy atom. The summed E-state index contributed by atoms with van der Waals surface area (Å²) in [6.07, 6.45) is 0. The van der Waals surface area contributed by atoms with E-state index in [0.29, 0.717) is 41.1 Å². The van der Waals surface area contributed by atoms with Gasteiger partial charge in [-0.15, -0.1) is 0 Å². The zero-order valence-electron chi connectivity index (χ0n) is 23.4. The number of aliphatic hydroxyl groups excluding tert-OH is 1. The van der Waals surface area contributed by atoms with Crippen molar-refractivity contribution in [3.63, 3.8) is 0 Å². The number of aliphatic hydroxyl groups is 1. The van der Waals surface area contributed by atoms with E-state index in [1.165, 1.54) is 12.7 Å². The molecule has 0 fully saturated rings. The molecular weight excluding hydrogens is 554 g/mol. The second kappa shape index (κ2) is 13.6. The number of carbonyl (C=O) groups excluding carboxylic acids is 1. The van der Waals surface area contributed by atoms with Crippen LogP contribution in [0.1, 0.15) is 21.5 Å². The minimum Gasteiger partial charge on any atom is -0.465 e. The zero-order valence-corrected chi connectivity index (χ0v) is 24.2. The summed E-state index contributed by atoms with van der Waals surface area (Å²) in [6, 6.07) is 26.0. The summed E-state index contributed by atoms with van der Waals surface area (Å²) in [7, 11) is 1.35. The monoisotopic (exact) mass is 585 g/mol. The van der Waals surface area contributed by atoms with Crippen LogP contribution in [0.4, 0.5) is 0 Å². The number of nitrogens with one attached hydrogen (secondary N) is 2. The highest BCUT2D eigenvalue weighted by Crippen LogP contribution is 2.34. The number of aryl methyl sites for hydroxylation is 1. The zero-order chi connectivity index (χ0) is 29.5. The van der Waals surface area contributed by atoms with E-state index in [-0.39, 0.29) is 6.61 Å². The number of ether oxygens (including phenoxy) is 3. The van der Waals surface area contributed by atoms with Gasteiger partial charge in [0.2, 0.25) is 0 Å². The maximum Gasteiger partial charge on any atom is 0.338 e. The van der Waals surface area contributed by atoms with E-state index in [9.17, 15) is 4.79 Å². The van der Waals surface area contributed by atoms with Gasteiger partial charge in [-0.2, -0.15) is 4.98 Å². The van der Waals surface area contributed by atoms with E-state index in [1.54, 1.807) is 18.2 Å². The molecule has 0 aliphatic rings. The van der Waals surface area contributed by atoms with E-state index in [4.69, 9.17) is 30.9 Å². The average molecular weight is 586 g/mol. The van der Waals surface area contributed by atoms with Crippen molar-refractivity contribution in [3.8, 4) is 34.0 Å². The first kappa shape index (κ1) is 29.3. The Labute approximate surface area is 249 Å². The lowest BCUT2D eigenvalue weighted by Gasteiger charge is -2.09. The molecule has 0 amide bonds. The number of H-pyrrole nitrogens is 1. The van der Waals surface area contributed by atoms with Crippen molar-refractivity contribution in [2.45, 2.75) is 13.5 Å². The highest BCUT2D eigenvalue weighted by atomic mass is 35.5. The van der Waals surface area contributed by atoms with Gasteiger partial charge in [-0.3, -0.25) is 0 Å². The van der Waals surface area contributed by atoms with Crippen LogP contribution in [0.25, 0.3) is 33.3 Å². The molecule has 8 nitrogen and oxygen atoms in total. The fraction of sp³-hybridized carbons (Fsp3) is 0.212. The van der Waals surface area contributed by atoms with Gasteiger partial charge in [0.1, 0.15) is 5.75 Å². The van der Waals surface area contributed by atoms with Crippen molar-refractivity contribution in [3.05, 3.63) is 101 Å². The fourth-order valence-electron chi connectivity index (χ4n) is 4.58. The molecule has 0 aliphatic heterocycles. The Kier molecular flexibility index (Phi) is 9.51. The normalized spacial score (nSPS) is 11.1. The molecule has 9 heteroatoms. The van der Waals surface area contributed by atoms with Gasteiger partial charge in [-0.25, -0.2) is 4.79 Å². The second-order valence-corrected chi connectivity index (χ2v) is 10.2. The van der Waals surface area contributed by atoms with Crippen molar-refractivity contribution in [2.24, 2.45) is 0 Å². The second-order valence-electron chi connectivity index (χ2n) is 9.75. The number of imidazole rings is 1. The highest BCUT2D eigenvalue weighted by molar-refractivity contribution is 6.34. The van der Waals surface area contributed by atoms with Gasteiger partial charge in [-0.1, -0.05) is 66.2 Å². The fourth-order valence-corrected chi connectivity index (χ4v) is 4.86. The van der Waals surface area contributed by atoms with Crippen molar-refractivity contribution >= 4 is 28.6 Å². The molecule has 0 aliphatic carbocycles. The van der Waals surface area contributed by atoms with Crippen LogP contribution in [0, 0.1) is 6.92 Å². The molecule has 1 aromatic heterocycles. The molecule has 0 atom stereocenters. The molecule has 1 heterocycles. The molecule has 0 spiro atoms. The first-order valence-electron chi connectivity index (χ1n) is 13.6. The summed E-state index contributed by atoms with van der Waals surface area (Å²) in [4.78, 5) is 19.8. The van der Waals surface area contributed by atoms with Crippen LogP contribution in [-0.2, 0) is 16.0 Å². The standard InChI is InChI=1S/C33H32ClN3O5/c1-21-3-12-26(17-27(21)32(39)40-2)42-33-36-30-18-28(29(34)19-31(30)37-33)25-10-8-24(9-11-25)23-6-4-22(5-7-23)20-35-13-15-41-16-14-38/h3-12,17-19,35,38H,13-16,20H2,1-2H3,(H,36,37). The predicted octanol–water partition coefficient (Wildman–Crippen LogP) is 6.54. The first-order chi connectivity index (χ1) is 20.4. The lowest BCUT2D eigenvalue weighted by molar-refractivity contribution is 0.0599. The number of hydrogen-bond acceptors (Lipinski definition) is 7. The van der Waals surface area contributed by atoms with Gasteiger partial charge in [-0.05, 0) is 59.0 Å². The summed E-state index contributed by atoms with van der Waals surface area (Å²) in [5, 5.41) is 12.7. The largest absolute Gasteiger partial charge is 0.465 e.